The number of sulfonamides is 1. The zero-order chi connectivity index (χ0) is 13.9. The van der Waals surface area contributed by atoms with Crippen molar-refractivity contribution < 1.29 is 8.42 Å². The van der Waals surface area contributed by atoms with Gasteiger partial charge in [-0.05, 0) is 48.4 Å². The third kappa shape index (κ3) is 3.26. The Labute approximate surface area is 113 Å². The highest BCUT2D eigenvalue weighted by Crippen LogP contribution is 2.18. The van der Waals surface area contributed by atoms with Crippen LogP contribution < -0.4 is 10.5 Å². The monoisotopic (exact) mass is 276 g/mol. The Morgan fingerprint density at radius 3 is 2.42 bits per heavy atom. The van der Waals surface area contributed by atoms with E-state index in [9.17, 15) is 8.42 Å². The maximum atomic E-state index is 12.2. The van der Waals surface area contributed by atoms with Crippen LogP contribution in [-0.4, -0.2) is 8.42 Å². The minimum absolute atomic E-state index is 0.198. The van der Waals surface area contributed by atoms with E-state index in [1.54, 1.807) is 18.2 Å². The van der Waals surface area contributed by atoms with Gasteiger partial charge in [0.15, 0.2) is 0 Å². The first-order chi connectivity index (χ1) is 9.01. The largest absolute Gasteiger partial charge is 0.399 e. The molecule has 0 unspecified atom stereocenters. The molecule has 5 heteroatoms. The molecule has 0 heterocycles. The molecule has 0 aliphatic carbocycles. The number of hydrogen-bond acceptors (Lipinski definition) is 3. The molecule has 2 rings (SSSR count). The van der Waals surface area contributed by atoms with E-state index < -0.39 is 10.0 Å². The van der Waals surface area contributed by atoms with Gasteiger partial charge in [-0.25, -0.2) is 8.42 Å². The first-order valence-corrected chi connectivity index (χ1v) is 7.47. The fraction of sp³-hybridized carbons (Fsp3) is 0.143. The van der Waals surface area contributed by atoms with Gasteiger partial charge in [0, 0.05) is 11.4 Å². The molecule has 0 aromatic heterocycles. The second-order valence-electron chi connectivity index (χ2n) is 4.23. The predicted octanol–water partition coefficient (Wildman–Crippen LogP) is 2.63. The Bertz CT molecular complexity index is 664. The Morgan fingerprint density at radius 2 is 1.79 bits per heavy atom. The summed E-state index contributed by atoms with van der Waals surface area (Å²) in [6.45, 7) is 2.02. The SMILES string of the molecule is CCc1cccc(NS(=O)(=O)c2ccc(N)cc2)c1. The zero-order valence-corrected chi connectivity index (χ0v) is 11.4. The maximum Gasteiger partial charge on any atom is 0.261 e. The molecule has 0 radical (unpaired) electrons. The van der Waals surface area contributed by atoms with Crippen molar-refractivity contribution in [3.63, 3.8) is 0 Å². The summed E-state index contributed by atoms with van der Waals surface area (Å²) in [5.74, 6) is 0. The van der Waals surface area contributed by atoms with Crippen molar-refractivity contribution in [3.8, 4) is 0 Å². The van der Waals surface area contributed by atoms with Gasteiger partial charge in [0.25, 0.3) is 10.0 Å². The van der Waals surface area contributed by atoms with Crippen LogP contribution in [0.2, 0.25) is 0 Å². The molecule has 0 saturated heterocycles. The van der Waals surface area contributed by atoms with Crippen LogP contribution in [0, 0.1) is 0 Å². The molecule has 0 bridgehead atoms. The van der Waals surface area contributed by atoms with Crippen LogP contribution in [0.25, 0.3) is 0 Å². The van der Waals surface area contributed by atoms with Crippen molar-refractivity contribution in [1.29, 1.82) is 0 Å². The molecular formula is C14H16N2O2S. The average Bonchev–Trinajstić information content (AvgIpc) is 2.39. The molecule has 19 heavy (non-hydrogen) atoms. The fourth-order valence-electron chi connectivity index (χ4n) is 1.72. The van der Waals surface area contributed by atoms with Gasteiger partial charge in [-0.15, -0.1) is 0 Å². The Kier molecular flexibility index (Phi) is 3.76. The lowest BCUT2D eigenvalue weighted by Gasteiger charge is -2.09. The van der Waals surface area contributed by atoms with Gasteiger partial charge in [-0.1, -0.05) is 19.1 Å². The zero-order valence-electron chi connectivity index (χ0n) is 10.6. The van der Waals surface area contributed by atoms with E-state index in [2.05, 4.69) is 4.72 Å². The summed E-state index contributed by atoms with van der Waals surface area (Å²) >= 11 is 0. The number of aryl methyl sites for hydroxylation is 1. The van der Waals surface area contributed by atoms with Crippen molar-refractivity contribution in [2.24, 2.45) is 0 Å². The second kappa shape index (κ2) is 5.32. The van der Waals surface area contributed by atoms with Gasteiger partial charge in [-0.2, -0.15) is 0 Å². The summed E-state index contributed by atoms with van der Waals surface area (Å²) < 4.78 is 26.9. The predicted molar refractivity (Wildman–Crippen MR) is 77.5 cm³/mol. The summed E-state index contributed by atoms with van der Waals surface area (Å²) in [6, 6.07) is 13.5. The summed E-state index contributed by atoms with van der Waals surface area (Å²) in [5, 5.41) is 0. The van der Waals surface area contributed by atoms with E-state index in [4.69, 9.17) is 5.73 Å². The number of rotatable bonds is 4. The number of nitrogens with two attached hydrogens (primary N) is 1. The summed E-state index contributed by atoms with van der Waals surface area (Å²) in [4.78, 5) is 0.198. The van der Waals surface area contributed by atoms with E-state index in [1.807, 2.05) is 25.1 Å². The number of anilines is 2. The number of nitrogen functional groups attached to an aromatic ring is 1. The molecule has 0 atom stereocenters. The number of nitrogens with one attached hydrogen (secondary N) is 1. The number of benzene rings is 2. The highest BCUT2D eigenvalue weighted by Gasteiger charge is 2.13. The van der Waals surface area contributed by atoms with E-state index in [-0.39, 0.29) is 4.90 Å². The van der Waals surface area contributed by atoms with Gasteiger partial charge >= 0.3 is 0 Å². The molecule has 2 aromatic rings. The Hall–Kier alpha value is -2.01. The molecule has 3 N–H and O–H groups in total. The Balaban J connectivity index is 2.28. The van der Waals surface area contributed by atoms with Gasteiger partial charge < -0.3 is 5.73 Å². The summed E-state index contributed by atoms with van der Waals surface area (Å²) in [6.07, 6.45) is 0.859. The molecule has 4 nitrogen and oxygen atoms in total. The smallest absolute Gasteiger partial charge is 0.261 e. The minimum Gasteiger partial charge on any atom is -0.399 e. The molecular weight excluding hydrogens is 260 g/mol. The van der Waals surface area contributed by atoms with E-state index in [0.717, 1.165) is 12.0 Å². The lowest BCUT2D eigenvalue weighted by molar-refractivity contribution is 0.601. The van der Waals surface area contributed by atoms with Crippen molar-refractivity contribution in [1.82, 2.24) is 0 Å². The molecule has 0 aliphatic rings. The highest BCUT2D eigenvalue weighted by atomic mass is 32.2. The lowest BCUT2D eigenvalue weighted by Crippen LogP contribution is -2.13. The van der Waals surface area contributed by atoms with Gasteiger partial charge in [0.05, 0.1) is 4.90 Å². The van der Waals surface area contributed by atoms with Crippen LogP contribution in [0.3, 0.4) is 0 Å². The van der Waals surface area contributed by atoms with Crippen LogP contribution >= 0.6 is 0 Å². The fourth-order valence-corrected chi connectivity index (χ4v) is 2.77. The minimum atomic E-state index is -3.56. The van der Waals surface area contributed by atoms with Gasteiger partial charge in [0.1, 0.15) is 0 Å². The highest BCUT2D eigenvalue weighted by molar-refractivity contribution is 7.92. The van der Waals surface area contributed by atoms with Crippen LogP contribution in [-0.2, 0) is 16.4 Å². The van der Waals surface area contributed by atoms with E-state index in [1.165, 1.54) is 12.1 Å². The van der Waals surface area contributed by atoms with Crippen LogP contribution in [0.1, 0.15) is 12.5 Å². The first kappa shape index (κ1) is 13.4. The van der Waals surface area contributed by atoms with Crippen LogP contribution in [0.15, 0.2) is 53.4 Å². The van der Waals surface area contributed by atoms with Crippen molar-refractivity contribution in [3.05, 3.63) is 54.1 Å². The normalized spacial score (nSPS) is 11.2. The third-order valence-electron chi connectivity index (χ3n) is 2.78. The van der Waals surface area contributed by atoms with E-state index in [0.29, 0.717) is 11.4 Å². The molecule has 0 aliphatic heterocycles. The molecule has 0 fully saturated rings. The Morgan fingerprint density at radius 1 is 1.11 bits per heavy atom. The van der Waals surface area contributed by atoms with Crippen LogP contribution in [0.4, 0.5) is 11.4 Å². The van der Waals surface area contributed by atoms with Crippen molar-refractivity contribution in [2.75, 3.05) is 10.5 Å². The molecule has 0 spiro atoms. The second-order valence-corrected chi connectivity index (χ2v) is 5.91. The number of hydrogen-bond donors (Lipinski definition) is 2. The maximum absolute atomic E-state index is 12.2. The van der Waals surface area contributed by atoms with Crippen molar-refractivity contribution >= 4 is 21.4 Å². The van der Waals surface area contributed by atoms with Crippen LogP contribution in [0.5, 0.6) is 0 Å². The molecule has 2 aromatic carbocycles. The topological polar surface area (TPSA) is 72.2 Å². The molecule has 100 valence electrons. The third-order valence-corrected chi connectivity index (χ3v) is 4.18. The average molecular weight is 276 g/mol. The van der Waals surface area contributed by atoms with E-state index >= 15 is 0 Å². The molecule has 0 saturated carbocycles. The van der Waals surface area contributed by atoms with Crippen molar-refractivity contribution in [2.45, 2.75) is 18.2 Å². The summed E-state index contributed by atoms with van der Waals surface area (Å²) in [7, 11) is -3.56. The van der Waals surface area contributed by atoms with Gasteiger partial charge in [0.2, 0.25) is 0 Å². The van der Waals surface area contributed by atoms with Gasteiger partial charge in [-0.3, -0.25) is 4.72 Å². The first-order valence-electron chi connectivity index (χ1n) is 5.98. The summed E-state index contributed by atoms with van der Waals surface area (Å²) in [5.41, 5.74) is 7.73. The standard InChI is InChI=1S/C14H16N2O2S/c1-2-11-4-3-5-13(10-11)16-19(17,18)14-8-6-12(15)7-9-14/h3-10,16H,2,15H2,1H3. The lowest BCUT2D eigenvalue weighted by atomic mass is 10.1. The quantitative estimate of drug-likeness (QED) is 0.843. The molecule has 0 amide bonds.